The average Bonchev–Trinajstić information content (AvgIpc) is 2.56. The molecular formula is C16H14N2O5. The fourth-order valence-electron chi connectivity index (χ4n) is 2.03. The van der Waals surface area contributed by atoms with Crippen molar-refractivity contribution in [2.45, 2.75) is 6.10 Å². The number of hydrogen-bond donors (Lipinski definition) is 3. The number of hydrazone groups is 1. The van der Waals surface area contributed by atoms with E-state index in [2.05, 4.69) is 10.5 Å². The molecule has 7 nitrogen and oxygen atoms in total. The first-order chi connectivity index (χ1) is 11.1. The summed E-state index contributed by atoms with van der Waals surface area (Å²) in [6.45, 7) is 0.0861. The molecule has 1 aliphatic heterocycles. The van der Waals surface area contributed by atoms with E-state index in [9.17, 15) is 15.0 Å². The van der Waals surface area contributed by atoms with Crippen LogP contribution in [0.15, 0.2) is 47.6 Å². The fourth-order valence-corrected chi connectivity index (χ4v) is 2.03. The first-order valence-electron chi connectivity index (χ1n) is 6.87. The van der Waals surface area contributed by atoms with E-state index in [1.54, 1.807) is 18.2 Å². The molecule has 0 radical (unpaired) electrons. The van der Waals surface area contributed by atoms with Gasteiger partial charge in [-0.05, 0) is 24.3 Å². The quantitative estimate of drug-likeness (QED) is 0.587. The zero-order valence-electron chi connectivity index (χ0n) is 12.0. The van der Waals surface area contributed by atoms with Crippen molar-refractivity contribution in [1.82, 2.24) is 5.43 Å². The summed E-state index contributed by atoms with van der Waals surface area (Å²) >= 11 is 0. The number of carbonyl (C=O) groups is 1. The zero-order chi connectivity index (χ0) is 16.2. The summed E-state index contributed by atoms with van der Waals surface area (Å²) in [5.41, 5.74) is 2.68. The standard InChI is InChI=1S/C16H14N2O5/c19-11-6-5-10(12(20)7-11)8-17-18-16(21)15-9-22-13-3-1-2-4-14(13)23-15/h1-8,15,19-20H,9H2,(H,18,21)/b17-8-/t15-/m0/s1. The minimum atomic E-state index is -0.810. The molecular weight excluding hydrogens is 300 g/mol. The molecule has 0 spiro atoms. The molecule has 2 aromatic rings. The highest BCUT2D eigenvalue weighted by Crippen LogP contribution is 2.30. The van der Waals surface area contributed by atoms with Crippen LogP contribution in [0.25, 0.3) is 0 Å². The second-order valence-electron chi connectivity index (χ2n) is 4.84. The molecule has 0 unspecified atom stereocenters. The van der Waals surface area contributed by atoms with Gasteiger partial charge in [0.15, 0.2) is 11.5 Å². The van der Waals surface area contributed by atoms with E-state index in [1.807, 2.05) is 6.07 Å². The topological polar surface area (TPSA) is 100 Å². The number of amides is 1. The van der Waals surface area contributed by atoms with Crippen molar-refractivity contribution in [3.8, 4) is 23.0 Å². The molecule has 3 rings (SSSR count). The Morgan fingerprint density at radius 3 is 2.78 bits per heavy atom. The van der Waals surface area contributed by atoms with E-state index in [4.69, 9.17) is 9.47 Å². The number of ether oxygens (including phenoxy) is 2. The molecule has 7 heteroatoms. The molecule has 0 saturated carbocycles. The summed E-state index contributed by atoms with van der Waals surface area (Å²) in [7, 11) is 0. The van der Waals surface area contributed by atoms with E-state index in [-0.39, 0.29) is 18.1 Å². The van der Waals surface area contributed by atoms with Gasteiger partial charge in [-0.2, -0.15) is 5.10 Å². The number of benzene rings is 2. The van der Waals surface area contributed by atoms with E-state index in [0.29, 0.717) is 17.1 Å². The molecule has 23 heavy (non-hydrogen) atoms. The van der Waals surface area contributed by atoms with E-state index in [0.717, 1.165) is 0 Å². The highest BCUT2D eigenvalue weighted by Gasteiger charge is 2.26. The Kier molecular flexibility index (Phi) is 4.01. The van der Waals surface area contributed by atoms with Gasteiger partial charge < -0.3 is 19.7 Å². The van der Waals surface area contributed by atoms with Crippen molar-refractivity contribution in [2.75, 3.05) is 6.61 Å². The number of fused-ring (bicyclic) bond motifs is 1. The zero-order valence-corrected chi connectivity index (χ0v) is 12.0. The number of para-hydroxylation sites is 2. The largest absolute Gasteiger partial charge is 0.508 e. The summed E-state index contributed by atoms with van der Waals surface area (Å²) in [6, 6.07) is 11.1. The average molecular weight is 314 g/mol. The monoisotopic (exact) mass is 314 g/mol. The van der Waals surface area contributed by atoms with Crippen LogP contribution in [0.5, 0.6) is 23.0 Å². The van der Waals surface area contributed by atoms with Gasteiger partial charge in [0.2, 0.25) is 6.10 Å². The summed E-state index contributed by atoms with van der Waals surface area (Å²) in [4.78, 5) is 12.0. The van der Waals surface area contributed by atoms with Crippen LogP contribution in [0.4, 0.5) is 0 Å². The highest BCUT2D eigenvalue weighted by atomic mass is 16.6. The maximum absolute atomic E-state index is 12.0. The molecule has 0 bridgehead atoms. The predicted octanol–water partition coefficient (Wildman–Crippen LogP) is 1.39. The number of nitrogens with zero attached hydrogens (tertiary/aromatic N) is 1. The van der Waals surface area contributed by atoms with Crippen LogP contribution >= 0.6 is 0 Å². The Hall–Kier alpha value is -3.22. The molecule has 0 aliphatic carbocycles. The maximum Gasteiger partial charge on any atom is 0.284 e. The van der Waals surface area contributed by atoms with Crippen LogP contribution in [-0.4, -0.2) is 35.0 Å². The van der Waals surface area contributed by atoms with Crippen molar-refractivity contribution in [1.29, 1.82) is 0 Å². The van der Waals surface area contributed by atoms with Crippen molar-refractivity contribution < 1.29 is 24.5 Å². The van der Waals surface area contributed by atoms with E-state index < -0.39 is 12.0 Å². The van der Waals surface area contributed by atoms with Crippen molar-refractivity contribution >= 4 is 12.1 Å². The van der Waals surface area contributed by atoms with Gasteiger partial charge in [-0.25, -0.2) is 5.43 Å². The second kappa shape index (κ2) is 6.27. The molecule has 0 saturated heterocycles. The van der Waals surface area contributed by atoms with E-state index in [1.165, 1.54) is 24.4 Å². The van der Waals surface area contributed by atoms with Crippen LogP contribution in [0.1, 0.15) is 5.56 Å². The van der Waals surface area contributed by atoms with Gasteiger partial charge in [-0.3, -0.25) is 4.79 Å². The maximum atomic E-state index is 12.0. The van der Waals surface area contributed by atoms with Crippen LogP contribution < -0.4 is 14.9 Å². The number of phenols is 2. The lowest BCUT2D eigenvalue weighted by atomic mass is 10.2. The van der Waals surface area contributed by atoms with Gasteiger partial charge in [-0.1, -0.05) is 12.1 Å². The van der Waals surface area contributed by atoms with Crippen molar-refractivity contribution in [3.05, 3.63) is 48.0 Å². The van der Waals surface area contributed by atoms with Gasteiger partial charge in [0.05, 0.1) is 6.21 Å². The lowest BCUT2D eigenvalue weighted by Crippen LogP contribution is -2.42. The Balaban J connectivity index is 1.61. The van der Waals surface area contributed by atoms with Gasteiger partial charge in [0, 0.05) is 11.6 Å². The summed E-state index contributed by atoms with van der Waals surface area (Å²) in [6.07, 6.45) is 0.458. The summed E-state index contributed by atoms with van der Waals surface area (Å²) in [5.74, 6) is 0.423. The Morgan fingerprint density at radius 1 is 1.22 bits per heavy atom. The first-order valence-corrected chi connectivity index (χ1v) is 6.87. The fraction of sp³-hybridized carbons (Fsp3) is 0.125. The normalized spacial score (nSPS) is 16.3. The van der Waals surface area contributed by atoms with Gasteiger partial charge >= 0.3 is 0 Å². The lowest BCUT2D eigenvalue weighted by molar-refractivity contribution is -0.130. The molecule has 2 aromatic carbocycles. The second-order valence-corrected chi connectivity index (χ2v) is 4.84. The molecule has 3 N–H and O–H groups in total. The molecule has 1 heterocycles. The number of hydrogen-bond acceptors (Lipinski definition) is 6. The number of carbonyl (C=O) groups excluding carboxylic acids is 1. The van der Waals surface area contributed by atoms with Crippen molar-refractivity contribution in [3.63, 3.8) is 0 Å². The smallest absolute Gasteiger partial charge is 0.284 e. The Bertz CT molecular complexity index is 760. The van der Waals surface area contributed by atoms with E-state index >= 15 is 0 Å². The third-order valence-electron chi connectivity index (χ3n) is 3.19. The van der Waals surface area contributed by atoms with Crippen molar-refractivity contribution in [2.24, 2.45) is 5.10 Å². The van der Waals surface area contributed by atoms with Crippen LogP contribution in [-0.2, 0) is 4.79 Å². The first kappa shape index (κ1) is 14.7. The van der Waals surface area contributed by atoms with Crippen LogP contribution in [0.3, 0.4) is 0 Å². The summed E-state index contributed by atoms with van der Waals surface area (Å²) < 4.78 is 11.0. The lowest BCUT2D eigenvalue weighted by Gasteiger charge is -2.24. The molecule has 118 valence electrons. The molecule has 1 aliphatic rings. The molecule has 1 atom stereocenters. The highest BCUT2D eigenvalue weighted by molar-refractivity contribution is 5.86. The van der Waals surface area contributed by atoms with Gasteiger partial charge in [-0.15, -0.1) is 0 Å². The van der Waals surface area contributed by atoms with Crippen LogP contribution in [0, 0.1) is 0 Å². The number of nitrogens with one attached hydrogen (secondary N) is 1. The minimum absolute atomic E-state index is 0.0601. The SMILES string of the molecule is O=C(N/N=C\c1ccc(O)cc1O)[C@@H]1COc2ccccc2O1. The number of phenolic OH excluding ortho intramolecular Hbond substituents is 2. The Morgan fingerprint density at radius 2 is 2.00 bits per heavy atom. The number of aromatic hydroxyl groups is 2. The number of rotatable bonds is 3. The minimum Gasteiger partial charge on any atom is -0.508 e. The third-order valence-corrected chi connectivity index (χ3v) is 3.19. The predicted molar refractivity (Wildman–Crippen MR) is 81.9 cm³/mol. The van der Waals surface area contributed by atoms with Gasteiger partial charge in [0.1, 0.15) is 18.1 Å². The third kappa shape index (κ3) is 3.34. The Labute approximate surface area is 131 Å². The van der Waals surface area contributed by atoms with Crippen LogP contribution in [0.2, 0.25) is 0 Å². The molecule has 0 fully saturated rings. The molecule has 1 amide bonds. The van der Waals surface area contributed by atoms with Gasteiger partial charge in [0.25, 0.3) is 5.91 Å². The molecule has 0 aromatic heterocycles. The summed E-state index contributed by atoms with van der Waals surface area (Å²) in [5, 5.41) is 22.6.